The molecule has 0 aromatic heterocycles. The lowest BCUT2D eigenvalue weighted by molar-refractivity contribution is 0.442. The Hall–Kier alpha value is -1.32. The Bertz CT molecular complexity index is 343. The van der Waals surface area contributed by atoms with Crippen LogP contribution in [0.2, 0.25) is 0 Å². The fraction of sp³-hybridized carbons (Fsp3) is 0.200. The standard InChI is InChI=1S/C10H8F4/c1-2-3-4-6-9(13)7(11)5-8(12)10(6)14/h2-3,5H,4H2,1H3. The van der Waals surface area contributed by atoms with Gasteiger partial charge in [0, 0.05) is 11.6 Å². The molecule has 1 rings (SSSR count). The van der Waals surface area contributed by atoms with Crippen LogP contribution in [0, 0.1) is 23.3 Å². The molecule has 14 heavy (non-hydrogen) atoms. The van der Waals surface area contributed by atoms with Gasteiger partial charge < -0.3 is 0 Å². The summed E-state index contributed by atoms with van der Waals surface area (Å²) in [6, 6.07) is 0.198. The van der Waals surface area contributed by atoms with E-state index in [1.807, 2.05) is 0 Å². The molecular formula is C10H8F4. The second-order valence-corrected chi connectivity index (χ2v) is 2.72. The summed E-state index contributed by atoms with van der Waals surface area (Å²) in [5, 5.41) is 0. The van der Waals surface area contributed by atoms with Gasteiger partial charge in [0.15, 0.2) is 23.3 Å². The number of benzene rings is 1. The highest BCUT2D eigenvalue weighted by atomic mass is 19.2. The normalized spacial score (nSPS) is 11.2. The average Bonchev–Trinajstić information content (AvgIpc) is 2.15. The van der Waals surface area contributed by atoms with Crippen molar-refractivity contribution in [1.82, 2.24) is 0 Å². The summed E-state index contributed by atoms with van der Waals surface area (Å²) in [5.41, 5.74) is -0.583. The number of allylic oxidation sites excluding steroid dienone is 2. The van der Waals surface area contributed by atoms with Gasteiger partial charge in [-0.1, -0.05) is 12.2 Å². The molecule has 4 heteroatoms. The van der Waals surface area contributed by atoms with Crippen LogP contribution in [0.15, 0.2) is 18.2 Å². The Balaban J connectivity index is 3.24. The molecule has 0 unspecified atom stereocenters. The van der Waals surface area contributed by atoms with E-state index in [1.54, 1.807) is 13.0 Å². The van der Waals surface area contributed by atoms with Crippen molar-refractivity contribution < 1.29 is 17.6 Å². The summed E-state index contributed by atoms with van der Waals surface area (Å²) in [6.45, 7) is 1.64. The third-order valence-corrected chi connectivity index (χ3v) is 1.76. The summed E-state index contributed by atoms with van der Waals surface area (Å²) in [7, 11) is 0. The maximum absolute atomic E-state index is 13.0. The van der Waals surface area contributed by atoms with Crippen LogP contribution < -0.4 is 0 Å². The molecule has 0 radical (unpaired) electrons. The molecule has 0 aliphatic heterocycles. The highest BCUT2D eigenvalue weighted by Gasteiger charge is 2.17. The fourth-order valence-electron chi connectivity index (χ4n) is 1.04. The van der Waals surface area contributed by atoms with Gasteiger partial charge in [0.2, 0.25) is 0 Å². The van der Waals surface area contributed by atoms with Crippen LogP contribution in [0.25, 0.3) is 0 Å². The van der Waals surface area contributed by atoms with Crippen LogP contribution in [-0.4, -0.2) is 0 Å². The van der Waals surface area contributed by atoms with Crippen molar-refractivity contribution in [3.8, 4) is 0 Å². The van der Waals surface area contributed by atoms with E-state index in [4.69, 9.17) is 0 Å². The predicted molar refractivity (Wildman–Crippen MR) is 44.8 cm³/mol. The first kappa shape index (κ1) is 10.8. The minimum absolute atomic E-state index is 0.164. The van der Waals surface area contributed by atoms with E-state index in [0.29, 0.717) is 0 Å². The van der Waals surface area contributed by atoms with Crippen molar-refractivity contribution in [2.24, 2.45) is 0 Å². The van der Waals surface area contributed by atoms with E-state index in [9.17, 15) is 17.6 Å². The lowest BCUT2D eigenvalue weighted by Crippen LogP contribution is -2.01. The summed E-state index contributed by atoms with van der Waals surface area (Å²) in [4.78, 5) is 0. The van der Waals surface area contributed by atoms with Gasteiger partial charge in [0.25, 0.3) is 0 Å². The minimum Gasteiger partial charge on any atom is -0.204 e. The highest BCUT2D eigenvalue weighted by Crippen LogP contribution is 2.19. The Morgan fingerprint density at radius 1 is 1.07 bits per heavy atom. The minimum atomic E-state index is -1.37. The second-order valence-electron chi connectivity index (χ2n) is 2.72. The van der Waals surface area contributed by atoms with Gasteiger partial charge in [-0.05, 0) is 13.3 Å². The van der Waals surface area contributed by atoms with E-state index in [1.165, 1.54) is 6.08 Å². The molecule has 0 saturated heterocycles. The Morgan fingerprint density at radius 3 is 2.00 bits per heavy atom. The van der Waals surface area contributed by atoms with Crippen molar-refractivity contribution in [2.45, 2.75) is 13.3 Å². The van der Waals surface area contributed by atoms with Crippen molar-refractivity contribution in [1.29, 1.82) is 0 Å². The SMILES string of the molecule is CC=CCc1c(F)c(F)cc(F)c1F. The van der Waals surface area contributed by atoms with Crippen LogP contribution in [0.4, 0.5) is 17.6 Å². The molecule has 0 fully saturated rings. The smallest absolute Gasteiger partial charge is 0.165 e. The van der Waals surface area contributed by atoms with E-state index >= 15 is 0 Å². The molecule has 0 bridgehead atoms. The van der Waals surface area contributed by atoms with Crippen molar-refractivity contribution in [3.63, 3.8) is 0 Å². The molecule has 0 atom stereocenters. The monoisotopic (exact) mass is 204 g/mol. The molecule has 0 aliphatic carbocycles. The zero-order valence-electron chi connectivity index (χ0n) is 7.45. The van der Waals surface area contributed by atoms with E-state index in [0.717, 1.165) is 0 Å². The zero-order chi connectivity index (χ0) is 10.7. The van der Waals surface area contributed by atoms with E-state index in [2.05, 4.69) is 0 Å². The Kier molecular flexibility index (Phi) is 3.28. The third-order valence-electron chi connectivity index (χ3n) is 1.76. The second kappa shape index (κ2) is 4.26. The summed E-state index contributed by atoms with van der Waals surface area (Å²) < 4.78 is 51.2. The van der Waals surface area contributed by atoms with E-state index in [-0.39, 0.29) is 12.5 Å². The van der Waals surface area contributed by atoms with Crippen LogP contribution in [0.1, 0.15) is 12.5 Å². The molecule has 1 aromatic rings. The van der Waals surface area contributed by atoms with Gasteiger partial charge in [-0.15, -0.1) is 0 Å². The average molecular weight is 204 g/mol. The van der Waals surface area contributed by atoms with Gasteiger partial charge in [-0.25, -0.2) is 17.6 Å². The van der Waals surface area contributed by atoms with Crippen LogP contribution in [0.3, 0.4) is 0 Å². The first-order valence-corrected chi connectivity index (χ1v) is 4.01. The van der Waals surface area contributed by atoms with Crippen molar-refractivity contribution in [2.75, 3.05) is 0 Å². The number of hydrogen-bond donors (Lipinski definition) is 0. The maximum atomic E-state index is 13.0. The van der Waals surface area contributed by atoms with Gasteiger partial charge in [0.1, 0.15) is 0 Å². The Labute approximate surface area is 78.9 Å². The zero-order valence-corrected chi connectivity index (χ0v) is 7.45. The molecule has 76 valence electrons. The Morgan fingerprint density at radius 2 is 1.57 bits per heavy atom. The van der Waals surface area contributed by atoms with Gasteiger partial charge >= 0.3 is 0 Å². The molecule has 1 aromatic carbocycles. The van der Waals surface area contributed by atoms with Crippen LogP contribution in [-0.2, 0) is 6.42 Å². The molecule has 0 heterocycles. The molecule has 0 nitrogen and oxygen atoms in total. The number of rotatable bonds is 2. The summed E-state index contributed by atoms with van der Waals surface area (Å²) in [5.74, 6) is -5.41. The van der Waals surface area contributed by atoms with Gasteiger partial charge in [0.05, 0.1) is 0 Å². The first-order chi connectivity index (χ1) is 6.57. The molecule has 0 saturated carbocycles. The number of hydrogen-bond acceptors (Lipinski definition) is 0. The number of halogens is 4. The van der Waals surface area contributed by atoms with Crippen LogP contribution in [0.5, 0.6) is 0 Å². The summed E-state index contributed by atoms with van der Waals surface area (Å²) in [6.07, 6.45) is 2.80. The lowest BCUT2D eigenvalue weighted by Gasteiger charge is -2.03. The van der Waals surface area contributed by atoms with Crippen molar-refractivity contribution >= 4 is 0 Å². The first-order valence-electron chi connectivity index (χ1n) is 4.01. The largest absolute Gasteiger partial charge is 0.204 e. The molecule has 0 amide bonds. The molecule has 0 N–H and O–H groups in total. The quantitative estimate of drug-likeness (QED) is 0.393. The molecule has 0 spiro atoms. The highest BCUT2D eigenvalue weighted by molar-refractivity contribution is 5.24. The fourth-order valence-corrected chi connectivity index (χ4v) is 1.04. The predicted octanol–water partition coefficient (Wildman–Crippen LogP) is 3.36. The summed E-state index contributed by atoms with van der Waals surface area (Å²) >= 11 is 0. The van der Waals surface area contributed by atoms with Gasteiger partial charge in [-0.3, -0.25) is 0 Å². The van der Waals surface area contributed by atoms with Crippen LogP contribution >= 0.6 is 0 Å². The maximum Gasteiger partial charge on any atom is 0.165 e. The third kappa shape index (κ3) is 1.95. The lowest BCUT2D eigenvalue weighted by atomic mass is 10.1. The van der Waals surface area contributed by atoms with Crippen molar-refractivity contribution in [3.05, 3.63) is 47.1 Å². The molecule has 0 aliphatic rings. The van der Waals surface area contributed by atoms with E-state index < -0.39 is 28.8 Å². The van der Waals surface area contributed by atoms with Gasteiger partial charge in [-0.2, -0.15) is 0 Å². The topological polar surface area (TPSA) is 0 Å². The molecular weight excluding hydrogens is 196 g/mol.